The molecule has 1 aliphatic carbocycles. The summed E-state index contributed by atoms with van der Waals surface area (Å²) in [7, 11) is 2.11. The first-order valence-electron chi connectivity index (χ1n) is 8.59. The molecule has 0 bridgehead atoms. The Morgan fingerprint density at radius 2 is 2.00 bits per heavy atom. The molecule has 2 heterocycles. The lowest BCUT2D eigenvalue weighted by atomic mass is 9.64. The van der Waals surface area contributed by atoms with E-state index in [9.17, 15) is 0 Å². The average Bonchev–Trinajstić information content (AvgIpc) is 3.06. The third kappa shape index (κ3) is 2.62. The molecule has 4 rings (SSSR count). The monoisotopic (exact) mass is 337 g/mol. The van der Waals surface area contributed by atoms with Crippen LogP contribution in [0.2, 0.25) is 0 Å². The fraction of sp³-hybridized carbons (Fsp3) is 0.421. The molecule has 0 unspecified atom stereocenters. The van der Waals surface area contributed by atoms with Crippen LogP contribution in [0.1, 0.15) is 26.0 Å². The Morgan fingerprint density at radius 3 is 2.72 bits per heavy atom. The second-order valence-electron chi connectivity index (χ2n) is 7.33. The van der Waals surface area contributed by atoms with E-state index in [1.54, 1.807) is 10.8 Å². The summed E-state index contributed by atoms with van der Waals surface area (Å²) in [6, 6.07) is 12.5. The standard InChI is InChI=1S/C19H23N5O/c1-13-10-17(24-18(22-13)20-12-21-24)23(4)15-11-16(19(15,2)3)25-14-8-6-5-7-9-14/h5-10,12,15-16H,11H2,1-4H3/t15-,16-/m0/s1. The number of nitrogens with zero attached hydrogens (tertiary/aromatic N) is 5. The maximum Gasteiger partial charge on any atom is 0.254 e. The van der Waals surface area contributed by atoms with Crippen LogP contribution >= 0.6 is 0 Å². The molecule has 1 fully saturated rings. The van der Waals surface area contributed by atoms with Crippen molar-refractivity contribution in [2.45, 2.75) is 39.3 Å². The molecule has 0 amide bonds. The van der Waals surface area contributed by atoms with Crippen molar-refractivity contribution in [2.24, 2.45) is 5.41 Å². The molecular formula is C19H23N5O. The highest BCUT2D eigenvalue weighted by atomic mass is 16.5. The smallest absolute Gasteiger partial charge is 0.254 e. The van der Waals surface area contributed by atoms with Gasteiger partial charge in [-0.3, -0.25) is 0 Å². The SMILES string of the molecule is Cc1cc(N(C)[C@H]2C[C@H](Oc3ccccc3)C2(C)C)n2ncnc2n1. The van der Waals surface area contributed by atoms with E-state index in [4.69, 9.17) is 4.74 Å². The molecule has 2 aromatic heterocycles. The third-order valence-corrected chi connectivity index (χ3v) is 5.34. The number of aromatic nitrogens is 4. The van der Waals surface area contributed by atoms with Gasteiger partial charge in [0.15, 0.2) is 0 Å². The molecule has 6 nitrogen and oxygen atoms in total. The summed E-state index contributed by atoms with van der Waals surface area (Å²) < 4.78 is 8.00. The number of aryl methyl sites for hydroxylation is 1. The number of rotatable bonds is 4. The van der Waals surface area contributed by atoms with Gasteiger partial charge in [-0.15, -0.1) is 0 Å². The van der Waals surface area contributed by atoms with Gasteiger partial charge in [0.05, 0.1) is 0 Å². The molecule has 2 atom stereocenters. The van der Waals surface area contributed by atoms with E-state index in [1.165, 1.54) is 0 Å². The van der Waals surface area contributed by atoms with Crippen molar-refractivity contribution in [3.05, 3.63) is 48.4 Å². The normalized spacial score (nSPS) is 21.8. The van der Waals surface area contributed by atoms with Gasteiger partial charge in [0, 0.05) is 36.7 Å². The lowest BCUT2D eigenvalue weighted by Crippen LogP contribution is -2.62. The minimum Gasteiger partial charge on any atom is -0.490 e. The molecule has 0 saturated heterocycles. The summed E-state index contributed by atoms with van der Waals surface area (Å²) in [6.45, 7) is 6.51. The molecule has 1 aromatic carbocycles. The van der Waals surface area contributed by atoms with Gasteiger partial charge in [-0.1, -0.05) is 32.0 Å². The third-order valence-electron chi connectivity index (χ3n) is 5.34. The molecule has 0 spiro atoms. The van der Waals surface area contributed by atoms with Gasteiger partial charge in [0.2, 0.25) is 0 Å². The zero-order chi connectivity index (χ0) is 17.6. The van der Waals surface area contributed by atoms with Gasteiger partial charge < -0.3 is 9.64 Å². The van der Waals surface area contributed by atoms with Crippen molar-refractivity contribution in [3.8, 4) is 5.75 Å². The quantitative estimate of drug-likeness (QED) is 0.732. The number of para-hydroxylation sites is 1. The first-order valence-corrected chi connectivity index (χ1v) is 8.59. The van der Waals surface area contributed by atoms with Gasteiger partial charge in [-0.05, 0) is 19.1 Å². The van der Waals surface area contributed by atoms with Crippen LogP contribution in [0.3, 0.4) is 0 Å². The predicted octanol–water partition coefficient (Wildman–Crippen LogP) is 3.12. The van der Waals surface area contributed by atoms with Crippen LogP contribution in [0, 0.1) is 12.3 Å². The van der Waals surface area contributed by atoms with Crippen LogP contribution in [-0.4, -0.2) is 38.8 Å². The molecule has 6 heteroatoms. The van der Waals surface area contributed by atoms with Crippen LogP contribution in [-0.2, 0) is 0 Å². The van der Waals surface area contributed by atoms with Gasteiger partial charge in [-0.2, -0.15) is 14.6 Å². The van der Waals surface area contributed by atoms with E-state index in [0.717, 1.165) is 23.7 Å². The minimum absolute atomic E-state index is 0.0225. The van der Waals surface area contributed by atoms with E-state index >= 15 is 0 Å². The number of anilines is 1. The molecule has 1 saturated carbocycles. The molecule has 0 radical (unpaired) electrons. The van der Waals surface area contributed by atoms with E-state index in [1.807, 2.05) is 37.3 Å². The summed E-state index contributed by atoms with van der Waals surface area (Å²) in [5, 5.41) is 4.33. The Kier molecular flexibility index (Phi) is 3.63. The summed E-state index contributed by atoms with van der Waals surface area (Å²) in [5.41, 5.74) is 0.964. The van der Waals surface area contributed by atoms with E-state index in [0.29, 0.717) is 11.8 Å². The lowest BCUT2D eigenvalue weighted by Gasteiger charge is -2.55. The van der Waals surface area contributed by atoms with Crippen LogP contribution < -0.4 is 9.64 Å². The van der Waals surface area contributed by atoms with Crippen LogP contribution in [0.5, 0.6) is 5.75 Å². The van der Waals surface area contributed by atoms with Crippen molar-refractivity contribution >= 4 is 11.6 Å². The van der Waals surface area contributed by atoms with E-state index < -0.39 is 0 Å². The Balaban J connectivity index is 1.57. The minimum atomic E-state index is 0.0225. The van der Waals surface area contributed by atoms with Gasteiger partial charge in [0.1, 0.15) is 24.0 Å². The van der Waals surface area contributed by atoms with Crippen molar-refractivity contribution in [1.82, 2.24) is 19.6 Å². The maximum atomic E-state index is 6.20. The van der Waals surface area contributed by atoms with E-state index in [-0.39, 0.29) is 11.5 Å². The maximum absolute atomic E-state index is 6.20. The largest absolute Gasteiger partial charge is 0.490 e. The van der Waals surface area contributed by atoms with Crippen LogP contribution in [0.25, 0.3) is 5.78 Å². The number of ether oxygens (including phenoxy) is 1. The lowest BCUT2D eigenvalue weighted by molar-refractivity contribution is -0.0418. The predicted molar refractivity (Wildman–Crippen MR) is 97.0 cm³/mol. The molecule has 130 valence electrons. The summed E-state index contributed by atoms with van der Waals surface area (Å²) >= 11 is 0. The van der Waals surface area contributed by atoms with Gasteiger partial charge in [0.25, 0.3) is 5.78 Å². The first kappa shape index (κ1) is 15.9. The Hall–Kier alpha value is -2.63. The zero-order valence-electron chi connectivity index (χ0n) is 15.0. The molecule has 1 aliphatic rings. The summed E-state index contributed by atoms with van der Waals surface area (Å²) in [4.78, 5) is 10.9. The first-order chi connectivity index (χ1) is 12.0. The van der Waals surface area contributed by atoms with Gasteiger partial charge >= 0.3 is 0 Å². The summed E-state index contributed by atoms with van der Waals surface area (Å²) in [6.07, 6.45) is 2.71. The fourth-order valence-electron chi connectivity index (χ4n) is 3.71. The molecule has 25 heavy (non-hydrogen) atoms. The van der Waals surface area contributed by atoms with Crippen LogP contribution in [0.15, 0.2) is 42.7 Å². The topological polar surface area (TPSA) is 55.6 Å². The van der Waals surface area contributed by atoms with Crippen molar-refractivity contribution in [2.75, 3.05) is 11.9 Å². The second kappa shape index (κ2) is 5.72. The summed E-state index contributed by atoms with van der Waals surface area (Å²) in [5.74, 6) is 2.58. The van der Waals surface area contributed by atoms with E-state index in [2.05, 4.69) is 46.9 Å². The second-order valence-corrected chi connectivity index (χ2v) is 7.33. The Labute approximate surface area is 147 Å². The highest BCUT2D eigenvalue weighted by molar-refractivity contribution is 5.48. The highest BCUT2D eigenvalue weighted by Gasteiger charge is 2.52. The average molecular weight is 337 g/mol. The molecular weight excluding hydrogens is 314 g/mol. The Bertz CT molecular complexity index is 889. The fourth-order valence-corrected chi connectivity index (χ4v) is 3.71. The zero-order valence-corrected chi connectivity index (χ0v) is 15.0. The van der Waals surface area contributed by atoms with Gasteiger partial charge in [-0.25, -0.2) is 4.98 Å². The van der Waals surface area contributed by atoms with Crippen molar-refractivity contribution < 1.29 is 4.74 Å². The van der Waals surface area contributed by atoms with Crippen LogP contribution in [0.4, 0.5) is 5.82 Å². The number of hydrogen-bond donors (Lipinski definition) is 0. The Morgan fingerprint density at radius 1 is 1.24 bits per heavy atom. The molecule has 3 aromatic rings. The van der Waals surface area contributed by atoms with Crippen molar-refractivity contribution in [3.63, 3.8) is 0 Å². The molecule has 0 N–H and O–H groups in total. The number of hydrogen-bond acceptors (Lipinski definition) is 5. The number of benzene rings is 1. The highest BCUT2D eigenvalue weighted by Crippen LogP contribution is 2.46. The van der Waals surface area contributed by atoms with Crippen molar-refractivity contribution in [1.29, 1.82) is 0 Å². The molecule has 0 aliphatic heterocycles. The number of fused-ring (bicyclic) bond motifs is 1.